The fraction of sp³-hybridized carbons (Fsp3) is 0.0833. The summed E-state index contributed by atoms with van der Waals surface area (Å²) >= 11 is 6.07. The number of anilines is 2. The van der Waals surface area contributed by atoms with Crippen molar-refractivity contribution in [3.05, 3.63) is 76.7 Å². The number of carbonyl (C=O) groups is 2. The van der Waals surface area contributed by atoms with Gasteiger partial charge in [-0.3, -0.25) is 9.59 Å². The lowest BCUT2D eigenvalue weighted by molar-refractivity contribution is 0.0992. The largest absolute Gasteiger partial charge is 0.454 e. The summed E-state index contributed by atoms with van der Waals surface area (Å²) in [4.78, 5) is 29.0. The number of aromatic nitrogens is 3. The Hall–Kier alpha value is -4.57. The number of nitrogens with one attached hydrogen (secondary N) is 2. The molecule has 6 rings (SSSR count). The Morgan fingerprint density at radius 1 is 1.11 bits per heavy atom. The molecule has 0 fully saturated rings. The Labute approximate surface area is 203 Å². The maximum absolute atomic E-state index is 12.8. The smallest absolute Gasteiger partial charge is 0.269 e. The molecule has 0 radical (unpaired) electrons. The summed E-state index contributed by atoms with van der Waals surface area (Å²) in [6.07, 6.45) is 1.51. The molecule has 0 unspecified atom stereocenters. The highest BCUT2D eigenvalue weighted by atomic mass is 35.5. The van der Waals surface area contributed by atoms with Gasteiger partial charge in [-0.25, -0.2) is 9.67 Å². The number of ether oxygens (including phenoxy) is 2. The lowest BCUT2D eigenvalue weighted by atomic mass is 9.98. The second-order valence-electron chi connectivity index (χ2n) is 7.90. The number of benzene rings is 2. The molecule has 0 aliphatic carbocycles. The second kappa shape index (κ2) is 8.03. The van der Waals surface area contributed by atoms with Crippen molar-refractivity contribution < 1.29 is 19.1 Å². The fourth-order valence-corrected chi connectivity index (χ4v) is 4.41. The Morgan fingerprint density at radius 3 is 2.80 bits per heavy atom. The summed E-state index contributed by atoms with van der Waals surface area (Å²) in [6.45, 7) is 0.501. The molecule has 2 aromatic heterocycles. The van der Waals surface area contributed by atoms with E-state index in [0.717, 1.165) is 11.3 Å². The summed E-state index contributed by atoms with van der Waals surface area (Å²) in [7, 11) is 0. The zero-order valence-electron chi connectivity index (χ0n) is 18.0. The molecule has 0 bridgehead atoms. The van der Waals surface area contributed by atoms with Gasteiger partial charge in [-0.05, 0) is 42.5 Å². The van der Waals surface area contributed by atoms with Crippen LogP contribution in [0.4, 0.5) is 11.4 Å². The SMILES string of the molecule is NC(=O)c1nn(-c2ccc3c(c2)OCO3)c2c1CNc1ccc(NC(=O)c3cccnc3Cl)cc1-2. The van der Waals surface area contributed by atoms with Gasteiger partial charge in [0, 0.05) is 41.3 Å². The molecule has 4 heterocycles. The third kappa shape index (κ3) is 3.51. The number of carbonyl (C=O) groups excluding carboxylic acids is 2. The molecule has 2 amide bonds. The van der Waals surface area contributed by atoms with Gasteiger partial charge >= 0.3 is 0 Å². The normalized spacial score (nSPS) is 12.9. The van der Waals surface area contributed by atoms with Crippen molar-refractivity contribution >= 4 is 34.8 Å². The molecule has 2 aliphatic rings. The number of rotatable bonds is 4. The Morgan fingerprint density at radius 2 is 1.97 bits per heavy atom. The zero-order valence-corrected chi connectivity index (χ0v) is 18.8. The standard InChI is InChI=1S/C24H17ClN6O4/c25-22-14(2-1-7-27-22)24(33)29-12-3-5-17-15(8-12)21-16(10-28-17)20(23(26)32)30-31(21)13-4-6-18-19(9-13)35-11-34-18/h1-9,28H,10-11H2,(H2,26,32)(H,29,33). The number of fused-ring (bicyclic) bond motifs is 4. The van der Waals surface area contributed by atoms with Gasteiger partial charge < -0.3 is 25.8 Å². The van der Waals surface area contributed by atoms with Gasteiger partial charge in [-0.1, -0.05) is 11.6 Å². The summed E-state index contributed by atoms with van der Waals surface area (Å²) in [5.41, 5.74) is 10.2. The van der Waals surface area contributed by atoms with E-state index in [-0.39, 0.29) is 23.2 Å². The highest BCUT2D eigenvalue weighted by Crippen LogP contribution is 2.41. The average molecular weight is 489 g/mol. The molecule has 10 nitrogen and oxygen atoms in total. The molecule has 0 saturated heterocycles. The first-order valence-corrected chi connectivity index (χ1v) is 11.0. The van der Waals surface area contributed by atoms with Crippen LogP contribution in [0.25, 0.3) is 16.9 Å². The van der Waals surface area contributed by atoms with Crippen LogP contribution in [0.3, 0.4) is 0 Å². The fourth-order valence-electron chi connectivity index (χ4n) is 4.21. The number of hydrogen-bond donors (Lipinski definition) is 3. The molecule has 4 aromatic rings. The molecule has 174 valence electrons. The van der Waals surface area contributed by atoms with Gasteiger partial charge in [0.1, 0.15) is 5.15 Å². The first kappa shape index (κ1) is 21.0. The predicted octanol–water partition coefficient (Wildman–Crippen LogP) is 3.59. The number of nitrogens with zero attached hydrogens (tertiary/aromatic N) is 3. The monoisotopic (exact) mass is 488 g/mol. The van der Waals surface area contributed by atoms with Crippen LogP contribution in [0, 0.1) is 0 Å². The topological polar surface area (TPSA) is 133 Å². The van der Waals surface area contributed by atoms with Crippen molar-refractivity contribution in [1.82, 2.24) is 14.8 Å². The van der Waals surface area contributed by atoms with Crippen LogP contribution < -0.4 is 25.8 Å². The Balaban J connectivity index is 1.46. The van der Waals surface area contributed by atoms with Gasteiger partial charge in [0.2, 0.25) is 6.79 Å². The summed E-state index contributed by atoms with van der Waals surface area (Å²) in [5, 5.41) is 10.8. The quantitative estimate of drug-likeness (QED) is 0.374. The molecule has 4 N–H and O–H groups in total. The minimum Gasteiger partial charge on any atom is -0.454 e. The van der Waals surface area contributed by atoms with Crippen molar-refractivity contribution in [3.8, 4) is 28.4 Å². The lowest BCUT2D eigenvalue weighted by Gasteiger charge is -2.21. The molecular formula is C24H17ClN6O4. The maximum atomic E-state index is 12.8. The van der Waals surface area contributed by atoms with E-state index in [9.17, 15) is 9.59 Å². The van der Waals surface area contributed by atoms with Crippen LogP contribution in [0.5, 0.6) is 11.5 Å². The van der Waals surface area contributed by atoms with Crippen molar-refractivity contribution in [2.75, 3.05) is 17.4 Å². The zero-order chi connectivity index (χ0) is 24.1. The molecule has 0 atom stereocenters. The number of hydrogen-bond acceptors (Lipinski definition) is 7. The predicted molar refractivity (Wildman–Crippen MR) is 128 cm³/mol. The number of primary amides is 1. The summed E-state index contributed by atoms with van der Waals surface area (Å²) < 4.78 is 12.6. The third-order valence-electron chi connectivity index (χ3n) is 5.81. The van der Waals surface area contributed by atoms with E-state index in [1.54, 1.807) is 41.1 Å². The highest BCUT2D eigenvalue weighted by Gasteiger charge is 2.29. The van der Waals surface area contributed by atoms with E-state index in [1.165, 1.54) is 6.20 Å². The molecule has 2 aromatic carbocycles. The molecule has 0 spiro atoms. The Kier molecular flexibility index (Phi) is 4.82. The van der Waals surface area contributed by atoms with Crippen molar-refractivity contribution in [2.45, 2.75) is 6.54 Å². The van der Waals surface area contributed by atoms with Crippen LogP contribution in [-0.4, -0.2) is 33.4 Å². The number of pyridine rings is 1. The van der Waals surface area contributed by atoms with Gasteiger partial charge in [-0.2, -0.15) is 5.10 Å². The van der Waals surface area contributed by atoms with Crippen molar-refractivity contribution in [3.63, 3.8) is 0 Å². The average Bonchev–Trinajstić information content (AvgIpc) is 3.48. The maximum Gasteiger partial charge on any atom is 0.269 e. The van der Waals surface area contributed by atoms with E-state index in [1.807, 2.05) is 12.1 Å². The summed E-state index contributed by atoms with van der Waals surface area (Å²) in [5.74, 6) is 0.178. The van der Waals surface area contributed by atoms with E-state index in [0.29, 0.717) is 40.7 Å². The first-order valence-electron chi connectivity index (χ1n) is 10.6. The molecular weight excluding hydrogens is 472 g/mol. The van der Waals surface area contributed by atoms with Gasteiger partial charge in [-0.15, -0.1) is 0 Å². The van der Waals surface area contributed by atoms with Gasteiger partial charge in [0.25, 0.3) is 11.8 Å². The molecule has 2 aliphatic heterocycles. The van der Waals surface area contributed by atoms with Crippen LogP contribution in [0.15, 0.2) is 54.7 Å². The minimum atomic E-state index is -0.637. The van der Waals surface area contributed by atoms with Crippen molar-refractivity contribution in [2.24, 2.45) is 5.73 Å². The molecule has 35 heavy (non-hydrogen) atoms. The van der Waals surface area contributed by atoms with Crippen LogP contribution in [0.1, 0.15) is 26.4 Å². The molecule has 11 heteroatoms. The second-order valence-corrected chi connectivity index (χ2v) is 8.26. The number of halogens is 1. The van der Waals surface area contributed by atoms with Crippen LogP contribution in [-0.2, 0) is 6.54 Å². The van der Waals surface area contributed by atoms with Crippen LogP contribution in [0.2, 0.25) is 5.15 Å². The van der Waals surface area contributed by atoms with E-state index in [4.69, 9.17) is 26.8 Å². The first-order chi connectivity index (χ1) is 17.0. The van der Waals surface area contributed by atoms with Gasteiger partial charge in [0.05, 0.1) is 16.9 Å². The Bertz CT molecular complexity index is 1530. The number of nitrogens with two attached hydrogens (primary N) is 1. The minimum absolute atomic E-state index is 0.110. The van der Waals surface area contributed by atoms with E-state index >= 15 is 0 Å². The van der Waals surface area contributed by atoms with E-state index in [2.05, 4.69) is 20.7 Å². The third-order valence-corrected chi connectivity index (χ3v) is 6.11. The number of amides is 2. The highest BCUT2D eigenvalue weighted by molar-refractivity contribution is 6.33. The van der Waals surface area contributed by atoms with Crippen LogP contribution >= 0.6 is 11.6 Å². The lowest BCUT2D eigenvalue weighted by Crippen LogP contribution is -2.17. The summed E-state index contributed by atoms with van der Waals surface area (Å²) in [6, 6.07) is 14.1. The van der Waals surface area contributed by atoms with Crippen molar-refractivity contribution in [1.29, 1.82) is 0 Å². The molecule has 0 saturated carbocycles. The van der Waals surface area contributed by atoms with Gasteiger partial charge in [0.15, 0.2) is 17.2 Å². The van der Waals surface area contributed by atoms with E-state index < -0.39 is 11.8 Å².